The molecule has 0 aliphatic carbocycles. The van der Waals surface area contributed by atoms with Gasteiger partial charge in [0.1, 0.15) is 0 Å². The SMILES string of the molecule is CCO[n+]1cc(C)ccc1C.F[B-](F)(F)F. The van der Waals surface area contributed by atoms with Crippen LogP contribution in [0.15, 0.2) is 18.3 Å². The van der Waals surface area contributed by atoms with Crippen LogP contribution in [-0.4, -0.2) is 13.9 Å². The zero-order valence-corrected chi connectivity index (χ0v) is 9.38. The standard InChI is InChI=1S/C9H14NO.BF4/c1-4-11-10-7-8(2)5-6-9(10)3;2-1(3,4)5/h5-7H,4H2,1-3H3;/q+1;-1. The molecular weight excluding hydrogens is 225 g/mol. The van der Waals surface area contributed by atoms with E-state index in [4.69, 9.17) is 4.84 Å². The highest BCUT2D eigenvalue weighted by Gasteiger charge is 2.20. The Morgan fingerprint density at radius 2 is 1.69 bits per heavy atom. The first-order valence-corrected chi connectivity index (χ1v) is 4.73. The van der Waals surface area contributed by atoms with Crippen molar-refractivity contribution in [3.8, 4) is 0 Å². The van der Waals surface area contributed by atoms with Crippen LogP contribution in [-0.2, 0) is 0 Å². The van der Waals surface area contributed by atoms with Crippen LogP contribution in [0.5, 0.6) is 0 Å². The summed E-state index contributed by atoms with van der Waals surface area (Å²) < 4.78 is 40.8. The summed E-state index contributed by atoms with van der Waals surface area (Å²) in [7, 11) is -6.00. The van der Waals surface area contributed by atoms with E-state index in [2.05, 4.69) is 13.0 Å². The van der Waals surface area contributed by atoms with Gasteiger partial charge in [0.25, 0.3) is 0 Å². The molecule has 1 rings (SSSR count). The van der Waals surface area contributed by atoms with Gasteiger partial charge in [-0.15, -0.1) is 0 Å². The van der Waals surface area contributed by atoms with Gasteiger partial charge in [-0.3, -0.25) is 4.84 Å². The number of aryl methyl sites for hydroxylation is 2. The Morgan fingerprint density at radius 1 is 1.19 bits per heavy atom. The lowest BCUT2D eigenvalue weighted by Crippen LogP contribution is -2.45. The Bertz CT molecular complexity index is 324. The lowest BCUT2D eigenvalue weighted by molar-refractivity contribution is -0.895. The minimum Gasteiger partial charge on any atom is -0.418 e. The van der Waals surface area contributed by atoms with Crippen LogP contribution in [0.3, 0.4) is 0 Å². The maximum Gasteiger partial charge on any atom is 0.673 e. The van der Waals surface area contributed by atoms with Gasteiger partial charge in [0, 0.05) is 23.3 Å². The molecular formula is C9H14BF4NO. The van der Waals surface area contributed by atoms with Crippen LogP contribution >= 0.6 is 0 Å². The molecule has 1 heterocycles. The largest absolute Gasteiger partial charge is 0.673 e. The van der Waals surface area contributed by atoms with Crippen molar-refractivity contribution >= 4 is 7.25 Å². The molecule has 0 unspecified atom stereocenters. The monoisotopic (exact) mass is 239 g/mol. The predicted molar refractivity (Wildman–Crippen MR) is 53.4 cm³/mol. The molecule has 0 bridgehead atoms. The molecule has 1 aromatic rings. The van der Waals surface area contributed by atoms with E-state index < -0.39 is 7.25 Å². The molecule has 92 valence electrons. The summed E-state index contributed by atoms with van der Waals surface area (Å²) >= 11 is 0. The van der Waals surface area contributed by atoms with Crippen molar-refractivity contribution in [2.45, 2.75) is 20.8 Å². The van der Waals surface area contributed by atoms with Gasteiger partial charge in [0.15, 0.2) is 6.61 Å². The molecule has 0 amide bonds. The number of hydrogen-bond donors (Lipinski definition) is 0. The summed E-state index contributed by atoms with van der Waals surface area (Å²) in [4.78, 5) is 5.33. The Labute approximate surface area is 91.9 Å². The Balaban J connectivity index is 0.000000385. The van der Waals surface area contributed by atoms with Crippen molar-refractivity contribution in [3.63, 3.8) is 0 Å². The lowest BCUT2D eigenvalue weighted by Gasteiger charge is -1.97. The maximum absolute atomic E-state index is 9.75. The van der Waals surface area contributed by atoms with E-state index in [0.717, 1.165) is 5.69 Å². The van der Waals surface area contributed by atoms with Crippen LogP contribution in [0.4, 0.5) is 17.3 Å². The molecule has 0 radical (unpaired) electrons. The van der Waals surface area contributed by atoms with Crippen molar-refractivity contribution in [1.82, 2.24) is 0 Å². The van der Waals surface area contributed by atoms with Gasteiger partial charge in [-0.2, -0.15) is 0 Å². The van der Waals surface area contributed by atoms with Crippen molar-refractivity contribution in [2.75, 3.05) is 6.61 Å². The highest BCUT2D eigenvalue weighted by atomic mass is 19.5. The first-order chi connectivity index (χ1) is 7.24. The number of pyridine rings is 1. The second-order valence-electron chi connectivity index (χ2n) is 3.09. The molecule has 0 atom stereocenters. The highest BCUT2D eigenvalue weighted by molar-refractivity contribution is 6.50. The molecule has 0 spiro atoms. The molecule has 0 saturated carbocycles. The number of aromatic nitrogens is 1. The Morgan fingerprint density at radius 3 is 2.12 bits per heavy atom. The third kappa shape index (κ3) is 8.08. The first-order valence-electron chi connectivity index (χ1n) is 4.73. The molecule has 0 aromatic carbocycles. The summed E-state index contributed by atoms with van der Waals surface area (Å²) in [5, 5.41) is 0. The third-order valence-corrected chi connectivity index (χ3v) is 1.52. The summed E-state index contributed by atoms with van der Waals surface area (Å²) in [6.45, 7) is 6.76. The molecule has 0 saturated heterocycles. The number of halogens is 4. The van der Waals surface area contributed by atoms with E-state index in [9.17, 15) is 17.3 Å². The molecule has 0 N–H and O–H groups in total. The predicted octanol–water partition coefficient (Wildman–Crippen LogP) is 2.34. The number of nitrogens with zero attached hydrogens (tertiary/aromatic N) is 1. The van der Waals surface area contributed by atoms with Gasteiger partial charge < -0.3 is 17.3 Å². The Hall–Kier alpha value is -1.27. The van der Waals surface area contributed by atoms with Gasteiger partial charge in [-0.25, -0.2) is 0 Å². The summed E-state index contributed by atoms with van der Waals surface area (Å²) in [6, 6.07) is 4.12. The summed E-state index contributed by atoms with van der Waals surface area (Å²) in [6.07, 6.45) is 1.98. The summed E-state index contributed by atoms with van der Waals surface area (Å²) in [5.74, 6) is 0. The van der Waals surface area contributed by atoms with Gasteiger partial charge in [-0.1, -0.05) is 0 Å². The fourth-order valence-corrected chi connectivity index (χ4v) is 0.933. The van der Waals surface area contributed by atoms with Crippen LogP contribution in [0.2, 0.25) is 0 Å². The molecule has 1 aromatic heterocycles. The van der Waals surface area contributed by atoms with Crippen molar-refractivity contribution in [1.29, 1.82) is 0 Å². The van der Waals surface area contributed by atoms with Gasteiger partial charge in [-0.05, 0) is 19.9 Å². The third-order valence-electron chi connectivity index (χ3n) is 1.52. The first kappa shape index (κ1) is 14.7. The summed E-state index contributed by atoms with van der Waals surface area (Å²) in [5.41, 5.74) is 2.33. The zero-order valence-electron chi connectivity index (χ0n) is 9.38. The second-order valence-corrected chi connectivity index (χ2v) is 3.09. The van der Waals surface area contributed by atoms with E-state index in [-0.39, 0.29) is 0 Å². The Kier molecular flexibility index (Phi) is 5.84. The average molecular weight is 239 g/mol. The number of rotatable bonds is 2. The van der Waals surface area contributed by atoms with Crippen LogP contribution in [0.25, 0.3) is 0 Å². The minimum atomic E-state index is -6.00. The van der Waals surface area contributed by atoms with E-state index in [1.807, 2.05) is 26.1 Å². The fraction of sp³-hybridized carbons (Fsp3) is 0.444. The molecule has 7 heteroatoms. The van der Waals surface area contributed by atoms with E-state index in [0.29, 0.717) is 6.61 Å². The molecule has 2 nitrogen and oxygen atoms in total. The van der Waals surface area contributed by atoms with Crippen molar-refractivity contribution < 1.29 is 26.8 Å². The quantitative estimate of drug-likeness (QED) is 0.438. The topological polar surface area (TPSA) is 13.1 Å². The van der Waals surface area contributed by atoms with Crippen LogP contribution < -0.4 is 9.57 Å². The normalized spacial score (nSPS) is 10.4. The van der Waals surface area contributed by atoms with E-state index >= 15 is 0 Å². The van der Waals surface area contributed by atoms with E-state index in [1.54, 1.807) is 4.73 Å². The molecule has 0 aliphatic heterocycles. The molecule has 16 heavy (non-hydrogen) atoms. The second kappa shape index (κ2) is 6.35. The molecule has 0 fully saturated rings. The highest BCUT2D eigenvalue weighted by Crippen LogP contribution is 2.06. The van der Waals surface area contributed by atoms with Gasteiger partial charge in [0.2, 0.25) is 11.9 Å². The van der Waals surface area contributed by atoms with Crippen LogP contribution in [0.1, 0.15) is 18.2 Å². The van der Waals surface area contributed by atoms with E-state index in [1.165, 1.54) is 5.56 Å². The van der Waals surface area contributed by atoms with Gasteiger partial charge >= 0.3 is 7.25 Å². The average Bonchev–Trinajstić information content (AvgIpc) is 2.09. The smallest absolute Gasteiger partial charge is 0.418 e. The zero-order chi connectivity index (χ0) is 12.8. The lowest BCUT2D eigenvalue weighted by atomic mass is 10.3. The molecule has 0 aliphatic rings. The fourth-order valence-electron chi connectivity index (χ4n) is 0.933. The minimum absolute atomic E-state index is 0.703. The van der Waals surface area contributed by atoms with Gasteiger partial charge in [0.05, 0.1) is 0 Å². The van der Waals surface area contributed by atoms with Crippen molar-refractivity contribution in [3.05, 3.63) is 29.6 Å². The maximum atomic E-state index is 9.75. The van der Waals surface area contributed by atoms with Crippen molar-refractivity contribution in [2.24, 2.45) is 0 Å². The number of hydrogen-bond acceptors (Lipinski definition) is 1. The van der Waals surface area contributed by atoms with Crippen LogP contribution in [0, 0.1) is 13.8 Å².